The summed E-state index contributed by atoms with van der Waals surface area (Å²) in [6.07, 6.45) is 18.3. The van der Waals surface area contributed by atoms with Crippen molar-refractivity contribution >= 4 is 5.78 Å². The minimum absolute atomic E-state index is 0.278. The molecule has 0 fully saturated rings. The van der Waals surface area contributed by atoms with E-state index in [9.17, 15) is 4.79 Å². The van der Waals surface area contributed by atoms with E-state index in [2.05, 4.69) is 24.3 Å². The molecule has 2 aliphatic carbocycles. The number of ketones is 1. The van der Waals surface area contributed by atoms with Crippen molar-refractivity contribution in [3.8, 4) is 0 Å². The second-order valence-corrected chi connectivity index (χ2v) is 4.46. The fourth-order valence-corrected chi connectivity index (χ4v) is 2.17. The van der Waals surface area contributed by atoms with Gasteiger partial charge in [-0.15, -0.1) is 0 Å². The first-order chi connectivity index (χ1) is 7.34. The van der Waals surface area contributed by atoms with Gasteiger partial charge in [0.2, 0.25) is 0 Å². The zero-order valence-electron chi connectivity index (χ0n) is 9.06. The first-order valence-corrected chi connectivity index (χ1v) is 5.89. The van der Waals surface area contributed by atoms with Gasteiger partial charge in [0.25, 0.3) is 0 Å². The lowest BCUT2D eigenvalue weighted by molar-refractivity contribution is -0.115. The molecule has 0 aromatic rings. The van der Waals surface area contributed by atoms with Gasteiger partial charge in [-0.2, -0.15) is 0 Å². The Bertz CT molecular complexity index is 309. The predicted octanol–water partition coefficient (Wildman–Crippen LogP) is 3.43. The van der Waals surface area contributed by atoms with Crippen LogP contribution in [0.2, 0.25) is 0 Å². The molecule has 0 N–H and O–H groups in total. The molecule has 0 amide bonds. The van der Waals surface area contributed by atoms with Crippen LogP contribution in [0.1, 0.15) is 32.1 Å². The van der Waals surface area contributed by atoms with Gasteiger partial charge in [0.1, 0.15) is 0 Å². The summed E-state index contributed by atoms with van der Waals surface area (Å²) in [5.74, 6) is 1.50. The minimum Gasteiger partial charge on any atom is -0.295 e. The first kappa shape index (κ1) is 10.4. The van der Waals surface area contributed by atoms with Crippen molar-refractivity contribution in [1.82, 2.24) is 0 Å². The Balaban J connectivity index is 1.85. The number of allylic oxidation sites excluding steroid dienone is 6. The molecule has 0 bridgehead atoms. The molecule has 0 aliphatic heterocycles. The lowest BCUT2D eigenvalue weighted by Gasteiger charge is -2.15. The standard InChI is InChI=1S/C14H18O/c15-14-10-8-13(9-11-14)7-6-12-4-2-1-3-5-12/h1-2,6-8,10,12-13H,3-5,9,11H2. The largest absolute Gasteiger partial charge is 0.295 e. The molecule has 2 aliphatic rings. The normalized spacial score (nSPS) is 31.3. The van der Waals surface area contributed by atoms with Crippen LogP contribution in [0.25, 0.3) is 0 Å². The van der Waals surface area contributed by atoms with Crippen molar-refractivity contribution in [2.45, 2.75) is 32.1 Å². The molecule has 2 atom stereocenters. The second-order valence-electron chi connectivity index (χ2n) is 4.46. The van der Waals surface area contributed by atoms with Gasteiger partial charge in [0.15, 0.2) is 5.78 Å². The molecular formula is C14H18O. The van der Waals surface area contributed by atoms with Gasteiger partial charge in [-0.05, 0) is 43.6 Å². The Hall–Kier alpha value is -1.11. The molecule has 2 unspecified atom stereocenters. The lowest BCUT2D eigenvalue weighted by Crippen LogP contribution is -2.06. The highest BCUT2D eigenvalue weighted by Gasteiger charge is 2.11. The highest BCUT2D eigenvalue weighted by atomic mass is 16.1. The fraction of sp³-hybridized carbons (Fsp3) is 0.500. The SMILES string of the molecule is O=C1C=CC(C=CC2CC=CCC2)CC1. The van der Waals surface area contributed by atoms with Gasteiger partial charge in [-0.3, -0.25) is 4.79 Å². The van der Waals surface area contributed by atoms with Crippen LogP contribution in [0.5, 0.6) is 0 Å². The molecule has 0 radical (unpaired) electrons. The molecular weight excluding hydrogens is 184 g/mol. The topological polar surface area (TPSA) is 17.1 Å². The molecule has 0 heterocycles. The summed E-state index contributed by atoms with van der Waals surface area (Å²) in [5.41, 5.74) is 0. The summed E-state index contributed by atoms with van der Waals surface area (Å²) >= 11 is 0. The van der Waals surface area contributed by atoms with Crippen molar-refractivity contribution in [3.63, 3.8) is 0 Å². The summed E-state index contributed by atoms with van der Waals surface area (Å²) < 4.78 is 0. The highest BCUT2D eigenvalue weighted by Crippen LogP contribution is 2.22. The van der Waals surface area contributed by atoms with Crippen molar-refractivity contribution in [1.29, 1.82) is 0 Å². The van der Waals surface area contributed by atoms with Gasteiger partial charge < -0.3 is 0 Å². The molecule has 80 valence electrons. The van der Waals surface area contributed by atoms with E-state index in [0.29, 0.717) is 5.92 Å². The predicted molar refractivity (Wildman–Crippen MR) is 62.5 cm³/mol. The summed E-state index contributed by atoms with van der Waals surface area (Å²) in [5, 5.41) is 0. The van der Waals surface area contributed by atoms with E-state index in [1.165, 1.54) is 19.3 Å². The molecule has 1 heteroatoms. The average molecular weight is 202 g/mol. The van der Waals surface area contributed by atoms with Crippen molar-refractivity contribution < 1.29 is 4.79 Å². The van der Waals surface area contributed by atoms with Gasteiger partial charge >= 0.3 is 0 Å². The van der Waals surface area contributed by atoms with Crippen LogP contribution in [0, 0.1) is 11.8 Å². The van der Waals surface area contributed by atoms with Crippen LogP contribution >= 0.6 is 0 Å². The quantitative estimate of drug-likeness (QED) is 0.627. The summed E-state index contributed by atoms with van der Waals surface area (Å²) in [6.45, 7) is 0. The zero-order chi connectivity index (χ0) is 10.5. The Morgan fingerprint density at radius 3 is 2.80 bits per heavy atom. The van der Waals surface area contributed by atoms with E-state index >= 15 is 0 Å². The molecule has 0 aromatic carbocycles. The summed E-state index contributed by atoms with van der Waals surface area (Å²) in [7, 11) is 0. The van der Waals surface area contributed by atoms with Crippen molar-refractivity contribution in [2.24, 2.45) is 11.8 Å². The first-order valence-electron chi connectivity index (χ1n) is 5.89. The zero-order valence-corrected chi connectivity index (χ0v) is 9.06. The summed E-state index contributed by atoms with van der Waals surface area (Å²) in [6, 6.07) is 0. The molecule has 0 saturated heterocycles. The molecule has 0 spiro atoms. The molecule has 0 saturated carbocycles. The van der Waals surface area contributed by atoms with Crippen LogP contribution in [-0.2, 0) is 4.79 Å². The maximum atomic E-state index is 11.0. The molecule has 1 nitrogen and oxygen atoms in total. The third-order valence-corrected chi connectivity index (χ3v) is 3.19. The van der Waals surface area contributed by atoms with E-state index in [-0.39, 0.29) is 5.78 Å². The van der Waals surface area contributed by atoms with Crippen LogP contribution in [-0.4, -0.2) is 5.78 Å². The van der Waals surface area contributed by atoms with Crippen molar-refractivity contribution in [3.05, 3.63) is 36.5 Å². The molecule has 2 rings (SSSR count). The van der Waals surface area contributed by atoms with E-state index in [1.807, 2.05) is 6.08 Å². The number of carbonyl (C=O) groups excluding carboxylic acids is 1. The van der Waals surface area contributed by atoms with Gasteiger partial charge in [0, 0.05) is 6.42 Å². The molecule has 0 aromatic heterocycles. The maximum absolute atomic E-state index is 11.0. The minimum atomic E-state index is 0.278. The third-order valence-electron chi connectivity index (χ3n) is 3.19. The summed E-state index contributed by atoms with van der Waals surface area (Å²) in [4.78, 5) is 11.0. The number of carbonyl (C=O) groups is 1. The lowest BCUT2D eigenvalue weighted by atomic mass is 9.90. The Labute approximate surface area is 91.6 Å². The molecule has 15 heavy (non-hydrogen) atoms. The van der Waals surface area contributed by atoms with E-state index in [1.54, 1.807) is 6.08 Å². The average Bonchev–Trinajstić information content (AvgIpc) is 2.30. The third kappa shape index (κ3) is 3.19. The smallest absolute Gasteiger partial charge is 0.155 e. The van der Waals surface area contributed by atoms with Crippen LogP contribution < -0.4 is 0 Å². The van der Waals surface area contributed by atoms with Crippen LogP contribution in [0.3, 0.4) is 0 Å². The van der Waals surface area contributed by atoms with E-state index in [0.717, 1.165) is 18.8 Å². The number of hydrogen-bond donors (Lipinski definition) is 0. The van der Waals surface area contributed by atoms with E-state index in [4.69, 9.17) is 0 Å². The van der Waals surface area contributed by atoms with Crippen LogP contribution in [0.15, 0.2) is 36.5 Å². The monoisotopic (exact) mass is 202 g/mol. The number of rotatable bonds is 2. The van der Waals surface area contributed by atoms with Crippen LogP contribution in [0.4, 0.5) is 0 Å². The van der Waals surface area contributed by atoms with Gasteiger partial charge in [-0.25, -0.2) is 0 Å². The van der Waals surface area contributed by atoms with Crippen molar-refractivity contribution in [2.75, 3.05) is 0 Å². The second kappa shape index (κ2) is 5.11. The van der Waals surface area contributed by atoms with Gasteiger partial charge in [0.05, 0.1) is 0 Å². The Morgan fingerprint density at radius 1 is 1.20 bits per heavy atom. The fourth-order valence-electron chi connectivity index (χ4n) is 2.17. The number of hydrogen-bond acceptors (Lipinski definition) is 1. The Kier molecular flexibility index (Phi) is 3.54. The maximum Gasteiger partial charge on any atom is 0.155 e. The van der Waals surface area contributed by atoms with E-state index < -0.39 is 0 Å². The Morgan fingerprint density at radius 2 is 2.13 bits per heavy atom. The highest BCUT2D eigenvalue weighted by molar-refractivity contribution is 5.90. The van der Waals surface area contributed by atoms with Gasteiger partial charge in [-0.1, -0.05) is 30.4 Å².